The third kappa shape index (κ3) is 5.63. The molecule has 9 heteroatoms. The predicted octanol–water partition coefficient (Wildman–Crippen LogP) is 3.28. The number of H-pyrrole nitrogens is 1. The van der Waals surface area contributed by atoms with E-state index in [0.29, 0.717) is 17.1 Å². The third-order valence-corrected chi connectivity index (χ3v) is 4.59. The second-order valence-electron chi connectivity index (χ2n) is 5.56. The smallest absolute Gasteiger partial charge is 0.273 e. The van der Waals surface area contributed by atoms with Crippen molar-refractivity contribution >= 4 is 35.0 Å². The van der Waals surface area contributed by atoms with Gasteiger partial charge in [0.2, 0.25) is 5.91 Å². The fraction of sp³-hybridized carbons (Fsp3) is 0.111. The van der Waals surface area contributed by atoms with Crippen molar-refractivity contribution < 1.29 is 9.18 Å². The van der Waals surface area contributed by atoms with E-state index in [2.05, 4.69) is 20.5 Å². The highest BCUT2D eigenvalue weighted by Gasteiger charge is 2.09. The number of thioether (sulfide) groups is 1. The first kappa shape index (κ1) is 19.1. The van der Waals surface area contributed by atoms with Gasteiger partial charge in [0.25, 0.3) is 5.56 Å². The van der Waals surface area contributed by atoms with Gasteiger partial charge >= 0.3 is 0 Å². The number of aromatic nitrogens is 3. The molecule has 1 aromatic heterocycles. The Kier molecular flexibility index (Phi) is 6.20. The van der Waals surface area contributed by atoms with Gasteiger partial charge in [0.15, 0.2) is 5.16 Å². The molecule has 3 aromatic rings. The zero-order valence-electron chi connectivity index (χ0n) is 13.9. The maximum atomic E-state index is 13.1. The summed E-state index contributed by atoms with van der Waals surface area (Å²) < 4.78 is 13.1. The van der Waals surface area contributed by atoms with Gasteiger partial charge in [-0.1, -0.05) is 41.6 Å². The number of halogens is 2. The molecule has 0 saturated carbocycles. The van der Waals surface area contributed by atoms with E-state index >= 15 is 0 Å². The molecule has 2 aromatic carbocycles. The van der Waals surface area contributed by atoms with Crippen LogP contribution in [0.2, 0.25) is 5.02 Å². The Bertz CT molecular complexity index is 1010. The molecule has 0 bridgehead atoms. The Hall–Kier alpha value is -2.71. The van der Waals surface area contributed by atoms with Gasteiger partial charge < -0.3 is 5.32 Å². The molecule has 0 fully saturated rings. The predicted molar refractivity (Wildman–Crippen MR) is 103 cm³/mol. The number of carbonyl (C=O) groups is 1. The monoisotopic (exact) mass is 404 g/mol. The van der Waals surface area contributed by atoms with Crippen molar-refractivity contribution in [1.29, 1.82) is 0 Å². The lowest BCUT2D eigenvalue weighted by Gasteiger charge is -2.05. The number of aromatic amines is 1. The summed E-state index contributed by atoms with van der Waals surface area (Å²) in [7, 11) is 0. The second-order valence-corrected chi connectivity index (χ2v) is 6.96. The lowest BCUT2D eigenvalue weighted by molar-refractivity contribution is -0.113. The van der Waals surface area contributed by atoms with Crippen molar-refractivity contribution in [3.8, 4) is 0 Å². The number of rotatable bonds is 6. The minimum Gasteiger partial charge on any atom is -0.325 e. The lowest BCUT2D eigenvalue weighted by Crippen LogP contribution is -2.19. The van der Waals surface area contributed by atoms with Crippen LogP contribution in [0, 0.1) is 5.82 Å². The minimum atomic E-state index is -0.438. The number of benzene rings is 2. The van der Waals surface area contributed by atoms with E-state index in [1.165, 1.54) is 18.2 Å². The van der Waals surface area contributed by atoms with Crippen LogP contribution in [0.25, 0.3) is 0 Å². The Morgan fingerprint density at radius 3 is 2.67 bits per heavy atom. The van der Waals surface area contributed by atoms with E-state index < -0.39 is 5.82 Å². The highest BCUT2D eigenvalue weighted by atomic mass is 35.5. The molecule has 27 heavy (non-hydrogen) atoms. The molecule has 0 radical (unpaired) electrons. The van der Waals surface area contributed by atoms with Crippen LogP contribution in [0.3, 0.4) is 0 Å². The first-order chi connectivity index (χ1) is 13.0. The van der Waals surface area contributed by atoms with Gasteiger partial charge in [-0.2, -0.15) is 0 Å². The van der Waals surface area contributed by atoms with Crippen molar-refractivity contribution in [2.24, 2.45) is 0 Å². The molecule has 1 heterocycles. The van der Waals surface area contributed by atoms with Gasteiger partial charge in [0.1, 0.15) is 11.5 Å². The van der Waals surface area contributed by atoms with E-state index in [0.717, 1.165) is 17.3 Å². The van der Waals surface area contributed by atoms with Crippen LogP contribution in [-0.4, -0.2) is 26.8 Å². The first-order valence-corrected chi connectivity index (χ1v) is 9.24. The highest BCUT2D eigenvalue weighted by Crippen LogP contribution is 2.14. The maximum Gasteiger partial charge on any atom is 0.273 e. The average Bonchev–Trinajstić information content (AvgIpc) is 2.64. The summed E-state index contributed by atoms with van der Waals surface area (Å²) in [6, 6.07) is 12.7. The quantitative estimate of drug-likeness (QED) is 0.615. The van der Waals surface area contributed by atoms with E-state index in [1.807, 2.05) is 12.1 Å². The Morgan fingerprint density at radius 2 is 1.96 bits per heavy atom. The molecule has 3 rings (SSSR count). The van der Waals surface area contributed by atoms with Crippen LogP contribution in [0.15, 0.2) is 58.5 Å². The Balaban J connectivity index is 1.58. The molecule has 6 nitrogen and oxygen atoms in total. The Morgan fingerprint density at radius 1 is 1.19 bits per heavy atom. The first-order valence-electron chi connectivity index (χ1n) is 7.88. The SMILES string of the molecule is O=C(CSc1nnc(Cc2ccc(Cl)cc2)c(=O)[nH]1)Nc1cccc(F)c1. The van der Waals surface area contributed by atoms with E-state index in [-0.39, 0.29) is 28.1 Å². The van der Waals surface area contributed by atoms with E-state index in [9.17, 15) is 14.0 Å². The molecule has 0 aliphatic rings. The van der Waals surface area contributed by atoms with Gasteiger partial charge in [-0.25, -0.2) is 4.39 Å². The van der Waals surface area contributed by atoms with Crippen LogP contribution in [0.1, 0.15) is 11.3 Å². The highest BCUT2D eigenvalue weighted by molar-refractivity contribution is 7.99. The zero-order chi connectivity index (χ0) is 19.2. The summed E-state index contributed by atoms with van der Waals surface area (Å²) in [5, 5.41) is 11.3. The molecule has 0 unspecified atom stereocenters. The molecule has 0 aliphatic heterocycles. The van der Waals surface area contributed by atoms with Crippen molar-refractivity contribution in [1.82, 2.24) is 15.2 Å². The topological polar surface area (TPSA) is 87.7 Å². The zero-order valence-corrected chi connectivity index (χ0v) is 15.5. The van der Waals surface area contributed by atoms with Crippen molar-refractivity contribution in [2.45, 2.75) is 11.6 Å². The molecule has 0 saturated heterocycles. The summed E-state index contributed by atoms with van der Waals surface area (Å²) in [6.45, 7) is 0. The lowest BCUT2D eigenvalue weighted by atomic mass is 10.1. The number of nitrogens with one attached hydrogen (secondary N) is 2. The normalized spacial score (nSPS) is 10.6. The van der Waals surface area contributed by atoms with Crippen molar-refractivity contribution in [2.75, 3.05) is 11.1 Å². The summed E-state index contributed by atoms with van der Waals surface area (Å²) in [6.07, 6.45) is 0.324. The van der Waals surface area contributed by atoms with Crippen LogP contribution >= 0.6 is 23.4 Å². The number of amides is 1. The van der Waals surface area contributed by atoms with Gasteiger partial charge in [-0.15, -0.1) is 10.2 Å². The summed E-state index contributed by atoms with van der Waals surface area (Å²) in [5.41, 5.74) is 1.14. The van der Waals surface area contributed by atoms with Crippen molar-refractivity contribution in [3.05, 3.63) is 81.0 Å². The van der Waals surface area contributed by atoms with Crippen molar-refractivity contribution in [3.63, 3.8) is 0 Å². The van der Waals surface area contributed by atoms with Gasteiger partial charge in [-0.3, -0.25) is 14.6 Å². The molecule has 1 amide bonds. The van der Waals surface area contributed by atoms with E-state index in [1.54, 1.807) is 18.2 Å². The molecule has 0 aliphatic carbocycles. The summed E-state index contributed by atoms with van der Waals surface area (Å²) in [4.78, 5) is 26.7. The average molecular weight is 405 g/mol. The minimum absolute atomic E-state index is 0.00232. The third-order valence-electron chi connectivity index (χ3n) is 3.48. The van der Waals surface area contributed by atoms with Crippen LogP contribution in [-0.2, 0) is 11.2 Å². The fourth-order valence-electron chi connectivity index (χ4n) is 2.22. The largest absolute Gasteiger partial charge is 0.325 e. The van der Waals surface area contributed by atoms with Gasteiger partial charge in [0, 0.05) is 17.1 Å². The summed E-state index contributed by atoms with van der Waals surface area (Å²) in [5.74, 6) is -0.789. The molecule has 138 valence electrons. The molecular weight excluding hydrogens is 391 g/mol. The fourth-order valence-corrected chi connectivity index (χ4v) is 2.95. The number of carbonyl (C=O) groups excluding carboxylic acids is 1. The number of anilines is 1. The molecule has 2 N–H and O–H groups in total. The molecule has 0 atom stereocenters. The standard InChI is InChI=1S/C18H14ClFN4O2S/c19-12-6-4-11(5-7-12)8-15-17(26)22-18(24-23-15)27-10-16(25)21-14-3-1-2-13(20)9-14/h1-7,9H,8,10H2,(H,21,25)(H,22,24,26). The second kappa shape index (κ2) is 8.79. The Labute approximate surface area is 163 Å². The number of hydrogen-bond acceptors (Lipinski definition) is 5. The van der Waals surface area contributed by atoms with Crippen LogP contribution in [0.5, 0.6) is 0 Å². The van der Waals surface area contributed by atoms with Crippen LogP contribution in [0.4, 0.5) is 10.1 Å². The summed E-state index contributed by atoms with van der Waals surface area (Å²) >= 11 is 6.87. The number of hydrogen-bond donors (Lipinski definition) is 2. The molecular formula is C18H14ClFN4O2S. The molecule has 0 spiro atoms. The number of nitrogens with zero attached hydrogens (tertiary/aromatic N) is 2. The van der Waals surface area contributed by atoms with E-state index in [4.69, 9.17) is 11.6 Å². The van der Waals surface area contributed by atoms with Crippen LogP contribution < -0.4 is 10.9 Å². The van der Waals surface area contributed by atoms with Gasteiger partial charge in [0.05, 0.1) is 5.75 Å². The van der Waals surface area contributed by atoms with Gasteiger partial charge in [-0.05, 0) is 35.9 Å². The maximum absolute atomic E-state index is 13.1.